The van der Waals surface area contributed by atoms with Gasteiger partial charge in [-0.15, -0.1) is 0 Å². The molecule has 0 fully saturated rings. The number of aryl methyl sites for hydroxylation is 1. The Hall–Kier alpha value is -4.27. The van der Waals surface area contributed by atoms with E-state index in [4.69, 9.17) is 13.9 Å². The van der Waals surface area contributed by atoms with Gasteiger partial charge in [0.05, 0.1) is 5.39 Å². The van der Waals surface area contributed by atoms with Crippen LogP contribution in [-0.2, 0) is 16.4 Å². The summed E-state index contributed by atoms with van der Waals surface area (Å²) in [5.74, 6) is -2.86. The first-order valence-corrected chi connectivity index (χ1v) is 12.2. The zero-order valence-electron chi connectivity index (χ0n) is 22.2. The summed E-state index contributed by atoms with van der Waals surface area (Å²) in [6.07, 6.45) is -5.00. The molecule has 0 aliphatic rings. The molecule has 9 heteroatoms. The highest BCUT2D eigenvalue weighted by Gasteiger charge is 2.40. The van der Waals surface area contributed by atoms with Crippen LogP contribution in [0, 0.1) is 13.8 Å². The van der Waals surface area contributed by atoms with Crippen LogP contribution in [0.2, 0.25) is 0 Å². The second-order valence-electron chi connectivity index (χ2n) is 10.2. The summed E-state index contributed by atoms with van der Waals surface area (Å²) >= 11 is 0. The quantitative estimate of drug-likeness (QED) is 0.274. The fourth-order valence-corrected chi connectivity index (χ4v) is 3.89. The first-order valence-electron chi connectivity index (χ1n) is 12.2. The van der Waals surface area contributed by atoms with Gasteiger partial charge in [-0.25, -0.2) is 0 Å². The monoisotopic (exact) mass is 539 g/mol. The van der Waals surface area contributed by atoms with Crippen LogP contribution in [0.4, 0.5) is 18.9 Å². The zero-order valence-corrected chi connectivity index (χ0v) is 22.2. The number of ether oxygens (including phenoxy) is 2. The molecule has 39 heavy (non-hydrogen) atoms. The molecule has 1 amide bonds. The Bertz CT molecular complexity index is 1580. The number of anilines is 1. The van der Waals surface area contributed by atoms with Crippen LogP contribution in [0.3, 0.4) is 0 Å². The number of alkyl halides is 3. The predicted molar refractivity (Wildman–Crippen MR) is 143 cm³/mol. The molecular formula is C30H28F3NO5. The molecule has 0 bridgehead atoms. The highest BCUT2D eigenvalue weighted by molar-refractivity contribution is 5.92. The largest absolute Gasteiger partial charge is 0.484 e. The first kappa shape index (κ1) is 27.8. The van der Waals surface area contributed by atoms with E-state index in [1.807, 2.05) is 40.7 Å². The first-order chi connectivity index (χ1) is 18.2. The van der Waals surface area contributed by atoms with Gasteiger partial charge in [0.1, 0.15) is 17.1 Å². The number of hydrogen-bond acceptors (Lipinski definition) is 5. The molecule has 0 spiro atoms. The summed E-state index contributed by atoms with van der Waals surface area (Å²) in [5.41, 5.74) is 1.98. The Morgan fingerprint density at radius 3 is 2.26 bits per heavy atom. The van der Waals surface area contributed by atoms with Gasteiger partial charge in [0.25, 0.3) is 11.7 Å². The third kappa shape index (κ3) is 6.25. The summed E-state index contributed by atoms with van der Waals surface area (Å²) in [6.45, 7) is 9.38. The van der Waals surface area contributed by atoms with E-state index in [-0.39, 0.29) is 27.9 Å². The Labute approximate surface area is 223 Å². The third-order valence-electron chi connectivity index (χ3n) is 6.27. The lowest BCUT2D eigenvalue weighted by molar-refractivity contribution is -0.154. The van der Waals surface area contributed by atoms with Crippen LogP contribution in [0.15, 0.2) is 69.9 Å². The van der Waals surface area contributed by atoms with E-state index < -0.39 is 35.6 Å². The fraction of sp³-hybridized carbons (Fsp3) is 0.267. The van der Waals surface area contributed by atoms with Crippen LogP contribution in [0.25, 0.3) is 11.0 Å². The van der Waals surface area contributed by atoms with Gasteiger partial charge in [-0.05, 0) is 66.3 Å². The van der Waals surface area contributed by atoms with Crippen molar-refractivity contribution in [1.82, 2.24) is 0 Å². The van der Waals surface area contributed by atoms with Gasteiger partial charge in [-0.3, -0.25) is 9.59 Å². The number of rotatable bonds is 6. The van der Waals surface area contributed by atoms with Gasteiger partial charge in [0.15, 0.2) is 6.61 Å². The van der Waals surface area contributed by atoms with Gasteiger partial charge in [0.2, 0.25) is 11.2 Å². The van der Waals surface area contributed by atoms with Gasteiger partial charge < -0.3 is 19.2 Å². The molecular weight excluding hydrogens is 511 g/mol. The number of carbonyl (C=O) groups excluding carboxylic acids is 1. The summed E-state index contributed by atoms with van der Waals surface area (Å²) in [6, 6.07) is 15.7. The van der Waals surface area contributed by atoms with Crippen molar-refractivity contribution in [3.63, 3.8) is 0 Å². The van der Waals surface area contributed by atoms with E-state index in [0.29, 0.717) is 5.69 Å². The smallest absolute Gasteiger partial charge is 0.453 e. The van der Waals surface area contributed by atoms with Crippen LogP contribution < -0.4 is 20.2 Å². The minimum atomic E-state index is -5.00. The lowest BCUT2D eigenvalue weighted by Gasteiger charge is -2.19. The number of carbonyl (C=O) groups is 1. The van der Waals surface area contributed by atoms with E-state index in [2.05, 4.69) is 5.32 Å². The number of fused-ring (bicyclic) bond motifs is 1. The molecule has 0 saturated carbocycles. The van der Waals surface area contributed by atoms with Crippen molar-refractivity contribution in [1.29, 1.82) is 0 Å². The van der Waals surface area contributed by atoms with E-state index >= 15 is 0 Å². The normalized spacial score (nSPS) is 11.9. The SMILES string of the molecule is Cc1cccc(NC(=O)COc2ccc3c(=O)c(Oc4ccc(C(C)(C)C)cc4)c(C(F)(F)F)oc3c2)c1C. The summed E-state index contributed by atoms with van der Waals surface area (Å²) in [4.78, 5) is 25.4. The Morgan fingerprint density at radius 1 is 0.949 bits per heavy atom. The molecule has 0 aliphatic heterocycles. The minimum absolute atomic E-state index is 0.0568. The fourth-order valence-electron chi connectivity index (χ4n) is 3.89. The van der Waals surface area contributed by atoms with E-state index in [1.165, 1.54) is 24.3 Å². The van der Waals surface area contributed by atoms with Crippen molar-refractivity contribution < 1.29 is 31.9 Å². The number of hydrogen-bond donors (Lipinski definition) is 1. The molecule has 3 aromatic carbocycles. The number of benzene rings is 3. The van der Waals surface area contributed by atoms with Crippen molar-refractivity contribution in [2.75, 3.05) is 11.9 Å². The summed E-state index contributed by atoms with van der Waals surface area (Å²) < 4.78 is 57.7. The average Bonchev–Trinajstić information content (AvgIpc) is 2.86. The van der Waals surface area contributed by atoms with Gasteiger partial charge in [-0.2, -0.15) is 13.2 Å². The molecule has 1 aromatic heterocycles. The summed E-state index contributed by atoms with van der Waals surface area (Å²) in [5, 5.41) is 2.61. The van der Waals surface area contributed by atoms with Crippen molar-refractivity contribution in [2.45, 2.75) is 46.2 Å². The molecule has 204 valence electrons. The van der Waals surface area contributed by atoms with Gasteiger partial charge in [0, 0.05) is 11.8 Å². The zero-order chi connectivity index (χ0) is 28.5. The molecule has 4 rings (SSSR count). The maximum absolute atomic E-state index is 13.9. The van der Waals surface area contributed by atoms with Crippen molar-refractivity contribution in [3.8, 4) is 17.2 Å². The van der Waals surface area contributed by atoms with Crippen LogP contribution in [-0.4, -0.2) is 12.5 Å². The third-order valence-corrected chi connectivity index (χ3v) is 6.27. The second-order valence-corrected chi connectivity index (χ2v) is 10.2. The van der Waals surface area contributed by atoms with Crippen LogP contribution >= 0.6 is 0 Å². The van der Waals surface area contributed by atoms with Crippen molar-refractivity contribution >= 4 is 22.6 Å². The standard InChI is InChI=1S/C30H28F3NO5/c1-17-7-6-8-23(18(17)2)34-25(35)16-37-21-13-14-22-24(15-21)39-28(30(31,32)33)27(26(22)36)38-20-11-9-19(10-12-20)29(3,4)5/h6-15H,16H2,1-5H3,(H,34,35). The lowest BCUT2D eigenvalue weighted by Crippen LogP contribution is -2.21. The van der Waals surface area contributed by atoms with Gasteiger partial charge in [-0.1, -0.05) is 45.0 Å². The Kier molecular flexibility index (Phi) is 7.46. The molecule has 1 heterocycles. The minimum Gasteiger partial charge on any atom is -0.484 e. The van der Waals surface area contributed by atoms with Crippen molar-refractivity contribution in [2.24, 2.45) is 0 Å². The van der Waals surface area contributed by atoms with E-state index in [1.54, 1.807) is 24.3 Å². The lowest BCUT2D eigenvalue weighted by atomic mass is 9.87. The Morgan fingerprint density at radius 2 is 1.62 bits per heavy atom. The van der Waals surface area contributed by atoms with Crippen LogP contribution in [0.5, 0.6) is 17.2 Å². The molecule has 0 atom stereocenters. The summed E-state index contributed by atoms with van der Waals surface area (Å²) in [7, 11) is 0. The molecule has 0 unspecified atom stereocenters. The van der Waals surface area contributed by atoms with E-state index in [9.17, 15) is 22.8 Å². The van der Waals surface area contributed by atoms with Gasteiger partial charge >= 0.3 is 6.18 Å². The number of halogens is 3. The molecule has 6 nitrogen and oxygen atoms in total. The molecule has 0 radical (unpaired) electrons. The average molecular weight is 540 g/mol. The number of amides is 1. The topological polar surface area (TPSA) is 77.8 Å². The molecule has 0 saturated heterocycles. The highest BCUT2D eigenvalue weighted by atomic mass is 19.4. The maximum Gasteiger partial charge on any atom is 0.453 e. The molecule has 1 N–H and O–H groups in total. The maximum atomic E-state index is 13.9. The molecule has 0 aliphatic carbocycles. The van der Waals surface area contributed by atoms with Crippen molar-refractivity contribution in [3.05, 3.63) is 93.3 Å². The molecule has 4 aromatic rings. The highest BCUT2D eigenvalue weighted by Crippen LogP contribution is 2.39. The van der Waals surface area contributed by atoms with E-state index in [0.717, 1.165) is 22.8 Å². The second kappa shape index (κ2) is 10.5. The number of nitrogens with one attached hydrogen (secondary N) is 1. The van der Waals surface area contributed by atoms with Crippen LogP contribution in [0.1, 0.15) is 43.2 Å². The Balaban J connectivity index is 1.60. The predicted octanol–water partition coefficient (Wildman–Crippen LogP) is 7.54.